The first-order valence-electron chi connectivity index (χ1n) is 5.78. The van der Waals surface area contributed by atoms with Crippen molar-refractivity contribution < 1.29 is 23.7 Å². The number of benzene rings is 1. The molecule has 102 valence electrons. The van der Waals surface area contributed by atoms with Gasteiger partial charge in [-0.15, -0.1) is 0 Å². The van der Waals surface area contributed by atoms with E-state index in [9.17, 15) is 4.79 Å². The molecule has 6 heteroatoms. The number of carbonyl (C=O) groups excluding carboxylic acids is 1. The average molecular weight is 265 g/mol. The van der Waals surface area contributed by atoms with E-state index in [2.05, 4.69) is 0 Å². The Kier molecular flexibility index (Phi) is 3.79. The van der Waals surface area contributed by atoms with Crippen molar-refractivity contribution in [1.29, 1.82) is 0 Å². The van der Waals surface area contributed by atoms with Crippen molar-refractivity contribution in [3.05, 3.63) is 17.7 Å². The third-order valence-electron chi connectivity index (χ3n) is 2.54. The zero-order valence-electron chi connectivity index (χ0n) is 10.8. The van der Waals surface area contributed by atoms with Crippen LogP contribution in [0.4, 0.5) is 5.69 Å². The second-order valence-electron chi connectivity index (χ2n) is 3.74. The van der Waals surface area contributed by atoms with E-state index in [-0.39, 0.29) is 6.79 Å². The van der Waals surface area contributed by atoms with Gasteiger partial charge in [-0.2, -0.15) is 0 Å². The Bertz CT molecular complexity index is 524. The molecule has 0 saturated heterocycles. The Morgan fingerprint density at radius 3 is 2.89 bits per heavy atom. The van der Waals surface area contributed by atoms with Crippen LogP contribution >= 0.6 is 0 Å². The average Bonchev–Trinajstić information content (AvgIpc) is 2.86. The zero-order valence-corrected chi connectivity index (χ0v) is 10.8. The number of carbonyl (C=O) groups is 1. The Labute approximate surface area is 110 Å². The summed E-state index contributed by atoms with van der Waals surface area (Å²) in [6, 6.07) is 1.65. The number of nitrogen functional groups attached to an aromatic ring is 1. The summed E-state index contributed by atoms with van der Waals surface area (Å²) in [6.45, 7) is 2.16. The van der Waals surface area contributed by atoms with Crippen LogP contribution in [0.2, 0.25) is 0 Å². The standard InChI is InChI=1S/C13H15NO5/c1-3-17-10(15)5-4-8-6-9(14)12-13(11(8)16-2)19-7-18-12/h4-6H,3,7,14H2,1-2H3/b5-4+. The monoisotopic (exact) mass is 265 g/mol. The summed E-state index contributed by atoms with van der Waals surface area (Å²) in [6.07, 6.45) is 2.87. The van der Waals surface area contributed by atoms with Gasteiger partial charge in [0.15, 0.2) is 11.5 Å². The number of esters is 1. The van der Waals surface area contributed by atoms with E-state index in [1.54, 1.807) is 19.1 Å². The molecule has 1 heterocycles. The van der Waals surface area contributed by atoms with Gasteiger partial charge in [-0.1, -0.05) is 0 Å². The molecule has 6 nitrogen and oxygen atoms in total. The van der Waals surface area contributed by atoms with Gasteiger partial charge in [0, 0.05) is 11.6 Å². The molecule has 0 amide bonds. The minimum atomic E-state index is -0.430. The van der Waals surface area contributed by atoms with Crippen LogP contribution in [0.1, 0.15) is 12.5 Å². The van der Waals surface area contributed by atoms with Crippen molar-refractivity contribution >= 4 is 17.7 Å². The molecule has 0 aliphatic carbocycles. The van der Waals surface area contributed by atoms with Crippen LogP contribution in [0.25, 0.3) is 6.08 Å². The predicted molar refractivity (Wildman–Crippen MR) is 69.2 cm³/mol. The second kappa shape index (κ2) is 5.51. The maximum atomic E-state index is 11.3. The molecule has 1 aromatic rings. The molecule has 1 aliphatic heterocycles. The van der Waals surface area contributed by atoms with E-state index < -0.39 is 5.97 Å². The normalized spacial score (nSPS) is 12.7. The number of methoxy groups -OCH3 is 1. The minimum absolute atomic E-state index is 0.0982. The molecule has 0 aromatic heterocycles. The van der Waals surface area contributed by atoms with E-state index in [1.807, 2.05) is 0 Å². The smallest absolute Gasteiger partial charge is 0.330 e. The summed E-state index contributed by atoms with van der Waals surface area (Å²) in [5.74, 6) is 0.958. The molecule has 19 heavy (non-hydrogen) atoms. The Hall–Kier alpha value is -2.37. The first-order chi connectivity index (χ1) is 9.17. The van der Waals surface area contributed by atoms with E-state index in [0.29, 0.717) is 35.1 Å². The highest BCUT2D eigenvalue weighted by atomic mass is 16.7. The molecule has 0 fully saturated rings. The molecular formula is C13H15NO5. The van der Waals surface area contributed by atoms with Gasteiger partial charge in [-0.05, 0) is 19.1 Å². The van der Waals surface area contributed by atoms with Crippen LogP contribution in [0.15, 0.2) is 12.1 Å². The molecule has 0 unspecified atom stereocenters. The van der Waals surface area contributed by atoms with Gasteiger partial charge in [-0.3, -0.25) is 0 Å². The van der Waals surface area contributed by atoms with Crippen molar-refractivity contribution in [3.8, 4) is 17.2 Å². The quantitative estimate of drug-likeness (QED) is 0.506. The lowest BCUT2D eigenvalue weighted by atomic mass is 10.1. The molecule has 2 rings (SSSR count). The van der Waals surface area contributed by atoms with Crippen LogP contribution in [-0.4, -0.2) is 26.5 Å². The van der Waals surface area contributed by atoms with Crippen molar-refractivity contribution in [2.75, 3.05) is 26.2 Å². The van der Waals surface area contributed by atoms with Crippen LogP contribution in [-0.2, 0) is 9.53 Å². The summed E-state index contributed by atoms with van der Waals surface area (Å²) >= 11 is 0. The first-order valence-corrected chi connectivity index (χ1v) is 5.78. The predicted octanol–water partition coefficient (Wildman–Crippen LogP) is 1.58. The van der Waals surface area contributed by atoms with Crippen LogP contribution in [0.3, 0.4) is 0 Å². The summed E-state index contributed by atoms with van der Waals surface area (Å²) in [5, 5.41) is 0. The van der Waals surface area contributed by atoms with Crippen molar-refractivity contribution in [1.82, 2.24) is 0 Å². The van der Waals surface area contributed by atoms with Gasteiger partial charge in [0.05, 0.1) is 19.4 Å². The van der Waals surface area contributed by atoms with Gasteiger partial charge in [0.25, 0.3) is 0 Å². The topological polar surface area (TPSA) is 80.0 Å². The van der Waals surface area contributed by atoms with Gasteiger partial charge in [-0.25, -0.2) is 4.79 Å². The molecule has 0 atom stereocenters. The highest BCUT2D eigenvalue weighted by Gasteiger charge is 2.24. The molecule has 1 aromatic carbocycles. The number of anilines is 1. The molecule has 0 radical (unpaired) electrons. The van der Waals surface area contributed by atoms with E-state index >= 15 is 0 Å². The number of hydrogen-bond acceptors (Lipinski definition) is 6. The highest BCUT2D eigenvalue weighted by Crippen LogP contribution is 2.47. The summed E-state index contributed by atoms with van der Waals surface area (Å²) in [7, 11) is 1.51. The fourth-order valence-electron chi connectivity index (χ4n) is 1.77. The molecule has 0 bridgehead atoms. The van der Waals surface area contributed by atoms with Gasteiger partial charge in [0.1, 0.15) is 0 Å². The molecular weight excluding hydrogens is 250 g/mol. The van der Waals surface area contributed by atoms with E-state index in [1.165, 1.54) is 13.2 Å². The second-order valence-corrected chi connectivity index (χ2v) is 3.74. The Morgan fingerprint density at radius 1 is 1.47 bits per heavy atom. The Morgan fingerprint density at radius 2 is 2.21 bits per heavy atom. The molecule has 0 spiro atoms. The lowest BCUT2D eigenvalue weighted by Gasteiger charge is -2.10. The highest BCUT2D eigenvalue weighted by molar-refractivity contribution is 5.89. The molecule has 0 saturated carbocycles. The van der Waals surface area contributed by atoms with Crippen molar-refractivity contribution in [3.63, 3.8) is 0 Å². The number of fused-ring (bicyclic) bond motifs is 1. The third kappa shape index (κ3) is 2.57. The SMILES string of the molecule is CCOC(=O)/C=C/c1cc(N)c2c(c1OC)OCO2. The summed E-state index contributed by atoms with van der Waals surface area (Å²) in [4.78, 5) is 11.3. The van der Waals surface area contributed by atoms with Crippen LogP contribution in [0.5, 0.6) is 17.2 Å². The van der Waals surface area contributed by atoms with Gasteiger partial charge in [0.2, 0.25) is 12.5 Å². The lowest BCUT2D eigenvalue weighted by molar-refractivity contribution is -0.137. The fourth-order valence-corrected chi connectivity index (χ4v) is 1.77. The lowest BCUT2D eigenvalue weighted by Crippen LogP contribution is -1.99. The molecule has 2 N–H and O–H groups in total. The van der Waals surface area contributed by atoms with E-state index in [4.69, 9.17) is 24.7 Å². The first kappa shape index (κ1) is 13.1. The third-order valence-corrected chi connectivity index (χ3v) is 2.54. The maximum Gasteiger partial charge on any atom is 0.330 e. The number of rotatable bonds is 4. The fraction of sp³-hybridized carbons (Fsp3) is 0.308. The number of nitrogens with two attached hydrogens (primary N) is 1. The van der Waals surface area contributed by atoms with Crippen molar-refractivity contribution in [2.24, 2.45) is 0 Å². The largest absolute Gasteiger partial charge is 0.492 e. The van der Waals surface area contributed by atoms with E-state index in [0.717, 1.165) is 0 Å². The Balaban J connectivity index is 2.35. The maximum absolute atomic E-state index is 11.3. The number of hydrogen-bond donors (Lipinski definition) is 1. The summed E-state index contributed by atoms with van der Waals surface area (Å²) in [5.41, 5.74) is 6.90. The van der Waals surface area contributed by atoms with Crippen LogP contribution < -0.4 is 19.9 Å². The van der Waals surface area contributed by atoms with Gasteiger partial charge >= 0.3 is 5.97 Å². The zero-order chi connectivity index (χ0) is 13.8. The number of ether oxygens (including phenoxy) is 4. The summed E-state index contributed by atoms with van der Waals surface area (Å²) < 4.78 is 20.6. The minimum Gasteiger partial charge on any atom is -0.492 e. The van der Waals surface area contributed by atoms with Crippen molar-refractivity contribution in [2.45, 2.75) is 6.92 Å². The molecule has 1 aliphatic rings. The van der Waals surface area contributed by atoms with Gasteiger partial charge < -0.3 is 24.7 Å². The van der Waals surface area contributed by atoms with Crippen LogP contribution in [0, 0.1) is 0 Å².